The number of carbonyl (C=O) groups is 1. The maximum Gasteiger partial charge on any atom is 0.277 e. The molecule has 0 aliphatic rings. The minimum atomic E-state index is -0.385. The van der Waals surface area contributed by atoms with Gasteiger partial charge in [0.2, 0.25) is 0 Å². The normalized spacial score (nSPS) is 10.8. The van der Waals surface area contributed by atoms with Gasteiger partial charge in [-0.05, 0) is 24.3 Å². The van der Waals surface area contributed by atoms with Crippen LogP contribution < -0.4 is 14.9 Å². The van der Waals surface area contributed by atoms with E-state index in [1.54, 1.807) is 30.1 Å². The van der Waals surface area contributed by atoms with Crippen molar-refractivity contribution in [2.24, 2.45) is 5.10 Å². The molecule has 32 heavy (non-hydrogen) atoms. The number of amides is 1. The molecule has 0 bridgehead atoms. The second kappa shape index (κ2) is 10.1. The Morgan fingerprint density at radius 2 is 1.62 bits per heavy atom. The molecule has 1 amide bonds. The zero-order valence-corrected chi connectivity index (χ0v) is 17.5. The minimum absolute atomic E-state index is 0.188. The number of nitrogens with one attached hydrogen (secondary N) is 1. The van der Waals surface area contributed by atoms with Crippen molar-refractivity contribution in [3.05, 3.63) is 96.7 Å². The van der Waals surface area contributed by atoms with E-state index in [0.29, 0.717) is 11.5 Å². The fourth-order valence-electron chi connectivity index (χ4n) is 3.10. The van der Waals surface area contributed by atoms with Crippen LogP contribution in [-0.4, -0.2) is 35.6 Å². The summed E-state index contributed by atoms with van der Waals surface area (Å²) in [6, 6.07) is 26.8. The van der Waals surface area contributed by atoms with E-state index in [9.17, 15) is 4.79 Å². The van der Waals surface area contributed by atoms with E-state index in [4.69, 9.17) is 14.6 Å². The monoisotopic (exact) mass is 426 g/mol. The van der Waals surface area contributed by atoms with Crippen LogP contribution in [0.5, 0.6) is 11.5 Å². The van der Waals surface area contributed by atoms with Crippen LogP contribution in [0.15, 0.2) is 96.2 Å². The molecule has 0 atom stereocenters. The van der Waals surface area contributed by atoms with Gasteiger partial charge in [0.05, 0.1) is 19.0 Å². The molecule has 7 heteroatoms. The summed E-state index contributed by atoms with van der Waals surface area (Å²) in [5.41, 5.74) is 5.91. The molecule has 160 valence electrons. The summed E-state index contributed by atoms with van der Waals surface area (Å²) in [6.07, 6.45) is 3.45. The van der Waals surface area contributed by atoms with Gasteiger partial charge in [-0.25, -0.2) is 10.1 Å². The van der Waals surface area contributed by atoms with Gasteiger partial charge in [-0.3, -0.25) is 4.79 Å². The van der Waals surface area contributed by atoms with Crippen molar-refractivity contribution >= 4 is 12.1 Å². The average molecular weight is 426 g/mol. The third-order valence-electron chi connectivity index (χ3n) is 4.63. The van der Waals surface area contributed by atoms with Crippen molar-refractivity contribution in [2.45, 2.75) is 0 Å². The van der Waals surface area contributed by atoms with Gasteiger partial charge < -0.3 is 9.47 Å². The van der Waals surface area contributed by atoms with Gasteiger partial charge in [0.1, 0.15) is 5.69 Å². The molecule has 0 spiro atoms. The first kappa shape index (κ1) is 20.9. The third kappa shape index (κ3) is 5.02. The van der Waals surface area contributed by atoms with Crippen molar-refractivity contribution in [2.75, 3.05) is 13.7 Å². The van der Waals surface area contributed by atoms with Crippen LogP contribution in [0.3, 0.4) is 0 Å². The first-order valence-electron chi connectivity index (χ1n) is 10.0. The topological polar surface area (TPSA) is 77.7 Å². The number of hydrogen-bond donors (Lipinski definition) is 1. The van der Waals surface area contributed by atoms with Gasteiger partial charge >= 0.3 is 0 Å². The Balaban J connectivity index is 1.48. The predicted molar refractivity (Wildman–Crippen MR) is 123 cm³/mol. The summed E-state index contributed by atoms with van der Waals surface area (Å²) < 4.78 is 12.5. The Hall–Kier alpha value is -4.39. The van der Waals surface area contributed by atoms with Gasteiger partial charge in [-0.15, -0.1) is 0 Å². The van der Waals surface area contributed by atoms with E-state index in [1.807, 2.05) is 79.0 Å². The molecular weight excluding hydrogens is 404 g/mol. The Bertz CT molecular complexity index is 1200. The van der Waals surface area contributed by atoms with E-state index < -0.39 is 0 Å². The highest BCUT2D eigenvalue weighted by atomic mass is 16.5. The SMILES string of the molecule is COc1ccccc1OCC(=O)NN=Cc1cn(-c2ccccc2)nc1-c1ccccc1. The van der Waals surface area contributed by atoms with E-state index in [0.717, 1.165) is 22.5 Å². The number of carbonyl (C=O) groups excluding carboxylic acids is 1. The van der Waals surface area contributed by atoms with Gasteiger partial charge in [-0.1, -0.05) is 60.7 Å². The van der Waals surface area contributed by atoms with Crippen LogP contribution in [0.1, 0.15) is 5.56 Å². The van der Waals surface area contributed by atoms with Crippen molar-refractivity contribution < 1.29 is 14.3 Å². The number of ether oxygens (including phenoxy) is 2. The molecule has 1 N–H and O–H groups in total. The summed E-state index contributed by atoms with van der Waals surface area (Å²) >= 11 is 0. The zero-order chi connectivity index (χ0) is 22.2. The highest BCUT2D eigenvalue weighted by Gasteiger charge is 2.11. The van der Waals surface area contributed by atoms with Crippen LogP contribution in [0.4, 0.5) is 0 Å². The van der Waals surface area contributed by atoms with Crippen LogP contribution >= 0.6 is 0 Å². The van der Waals surface area contributed by atoms with Crippen molar-refractivity contribution in [3.63, 3.8) is 0 Å². The molecular formula is C25H22N4O3. The molecule has 0 saturated heterocycles. The maximum absolute atomic E-state index is 12.2. The largest absolute Gasteiger partial charge is 0.493 e. The number of methoxy groups -OCH3 is 1. The van der Waals surface area contributed by atoms with E-state index >= 15 is 0 Å². The fourth-order valence-corrected chi connectivity index (χ4v) is 3.10. The number of benzene rings is 3. The molecule has 0 aliphatic heterocycles. The zero-order valence-electron chi connectivity index (χ0n) is 17.5. The van der Waals surface area contributed by atoms with Crippen molar-refractivity contribution in [1.82, 2.24) is 15.2 Å². The summed E-state index contributed by atoms with van der Waals surface area (Å²) in [7, 11) is 1.55. The van der Waals surface area contributed by atoms with E-state index in [2.05, 4.69) is 10.5 Å². The summed E-state index contributed by atoms with van der Waals surface area (Å²) in [6.45, 7) is -0.188. The van der Waals surface area contributed by atoms with Crippen LogP contribution in [-0.2, 0) is 4.79 Å². The third-order valence-corrected chi connectivity index (χ3v) is 4.63. The predicted octanol–water partition coefficient (Wildman–Crippen LogP) is 4.08. The van der Waals surface area contributed by atoms with E-state index in [-0.39, 0.29) is 12.5 Å². The molecule has 0 saturated carbocycles. The number of rotatable bonds is 8. The lowest BCUT2D eigenvalue weighted by molar-refractivity contribution is -0.123. The molecule has 4 aromatic rings. The summed E-state index contributed by atoms with van der Waals surface area (Å²) in [5, 5.41) is 8.82. The molecule has 3 aromatic carbocycles. The number of hydrazone groups is 1. The fraction of sp³-hybridized carbons (Fsp3) is 0.0800. The number of hydrogen-bond acceptors (Lipinski definition) is 5. The van der Waals surface area contributed by atoms with Gasteiger partial charge in [0.15, 0.2) is 18.1 Å². The highest BCUT2D eigenvalue weighted by Crippen LogP contribution is 2.25. The number of nitrogens with zero attached hydrogens (tertiary/aromatic N) is 3. The first-order valence-corrected chi connectivity index (χ1v) is 10.0. The maximum atomic E-state index is 12.2. The highest BCUT2D eigenvalue weighted by molar-refractivity contribution is 5.89. The van der Waals surface area contributed by atoms with Gasteiger partial charge in [-0.2, -0.15) is 10.2 Å². The lowest BCUT2D eigenvalue weighted by atomic mass is 10.1. The lowest BCUT2D eigenvalue weighted by Gasteiger charge is -2.09. The molecule has 0 aliphatic carbocycles. The lowest BCUT2D eigenvalue weighted by Crippen LogP contribution is -2.24. The second-order valence-electron chi connectivity index (χ2n) is 6.81. The Morgan fingerprint density at radius 3 is 2.34 bits per heavy atom. The number of para-hydroxylation sites is 3. The second-order valence-corrected chi connectivity index (χ2v) is 6.81. The Morgan fingerprint density at radius 1 is 0.969 bits per heavy atom. The van der Waals surface area contributed by atoms with Crippen molar-refractivity contribution in [3.8, 4) is 28.4 Å². The molecule has 1 aromatic heterocycles. The van der Waals surface area contributed by atoms with E-state index in [1.165, 1.54) is 0 Å². The Kier molecular flexibility index (Phi) is 6.57. The molecule has 4 rings (SSSR count). The van der Waals surface area contributed by atoms with Gasteiger partial charge in [0, 0.05) is 17.3 Å². The standard InChI is InChI=1S/C25H22N4O3/c1-31-22-14-8-9-15-23(22)32-18-24(30)27-26-16-20-17-29(21-12-6-3-7-13-21)28-25(20)19-10-4-2-5-11-19/h2-17H,18H2,1H3,(H,27,30). The van der Waals surface area contributed by atoms with Crippen LogP contribution in [0, 0.1) is 0 Å². The molecule has 0 fully saturated rings. The smallest absolute Gasteiger partial charge is 0.277 e. The molecule has 1 heterocycles. The average Bonchev–Trinajstić information content (AvgIpc) is 3.28. The quantitative estimate of drug-likeness (QED) is 0.340. The number of aromatic nitrogens is 2. The minimum Gasteiger partial charge on any atom is -0.493 e. The van der Waals surface area contributed by atoms with Crippen LogP contribution in [0.25, 0.3) is 16.9 Å². The molecule has 7 nitrogen and oxygen atoms in total. The summed E-state index contributed by atoms with van der Waals surface area (Å²) in [5.74, 6) is 0.665. The molecule has 0 unspecified atom stereocenters. The summed E-state index contributed by atoms with van der Waals surface area (Å²) in [4.78, 5) is 12.2. The molecule has 0 radical (unpaired) electrons. The van der Waals surface area contributed by atoms with Crippen LogP contribution in [0.2, 0.25) is 0 Å². The van der Waals surface area contributed by atoms with Crippen molar-refractivity contribution in [1.29, 1.82) is 0 Å². The first-order chi connectivity index (χ1) is 15.7. The van der Waals surface area contributed by atoms with Gasteiger partial charge in [0.25, 0.3) is 5.91 Å². The Labute approximate surface area is 185 Å².